The molecule has 0 radical (unpaired) electrons. The Morgan fingerprint density at radius 3 is 2.73 bits per heavy atom. The van der Waals surface area contributed by atoms with Crippen molar-refractivity contribution in [2.75, 3.05) is 13.2 Å². The molecule has 1 aliphatic rings. The Bertz CT molecular complexity index is 227. The lowest BCUT2D eigenvalue weighted by molar-refractivity contribution is -0.143. The number of amides is 2. The van der Waals surface area contributed by atoms with Crippen molar-refractivity contribution in [3.8, 4) is 0 Å². The second-order valence-corrected chi connectivity index (χ2v) is 3.58. The molecule has 1 rings (SSSR count). The smallest absolute Gasteiger partial charge is 0.315 e. The highest BCUT2D eigenvalue weighted by molar-refractivity contribution is 5.74. The van der Waals surface area contributed by atoms with Crippen molar-refractivity contribution < 1.29 is 14.3 Å². The molecule has 2 N–H and O–H groups in total. The molecule has 15 heavy (non-hydrogen) atoms. The molecule has 5 heteroatoms. The number of nitrogens with one attached hydrogen (secondary N) is 2. The van der Waals surface area contributed by atoms with Crippen molar-refractivity contribution in [3.63, 3.8) is 0 Å². The number of hydrogen-bond acceptors (Lipinski definition) is 3. The summed E-state index contributed by atoms with van der Waals surface area (Å²) in [6.07, 6.45) is 3.14. The average Bonchev–Trinajstić information content (AvgIpc) is 2.97. The zero-order chi connectivity index (χ0) is 11.1. The molecule has 0 spiro atoms. The van der Waals surface area contributed by atoms with Gasteiger partial charge in [0.05, 0.1) is 6.61 Å². The van der Waals surface area contributed by atoms with Gasteiger partial charge in [-0.05, 0) is 26.2 Å². The Labute approximate surface area is 89.6 Å². The van der Waals surface area contributed by atoms with Gasteiger partial charge in [0.25, 0.3) is 0 Å². The van der Waals surface area contributed by atoms with E-state index in [2.05, 4.69) is 10.6 Å². The van der Waals surface area contributed by atoms with Crippen LogP contribution in [-0.4, -0.2) is 31.2 Å². The van der Waals surface area contributed by atoms with Gasteiger partial charge in [-0.25, -0.2) is 4.79 Å². The second kappa shape index (κ2) is 6.27. The Balaban J connectivity index is 1.91. The van der Waals surface area contributed by atoms with Gasteiger partial charge in [-0.3, -0.25) is 4.79 Å². The normalized spacial score (nSPS) is 14.5. The second-order valence-electron chi connectivity index (χ2n) is 3.58. The first kappa shape index (κ1) is 11.8. The molecule has 0 heterocycles. The molecule has 0 aromatic rings. The topological polar surface area (TPSA) is 67.4 Å². The van der Waals surface area contributed by atoms with E-state index in [-0.39, 0.29) is 12.0 Å². The van der Waals surface area contributed by atoms with Gasteiger partial charge in [-0.15, -0.1) is 0 Å². The summed E-state index contributed by atoms with van der Waals surface area (Å²) in [5, 5.41) is 5.49. The number of carbonyl (C=O) groups excluding carboxylic acids is 2. The van der Waals surface area contributed by atoms with E-state index in [4.69, 9.17) is 4.74 Å². The Kier molecular flexibility index (Phi) is 4.93. The molecular weight excluding hydrogens is 196 g/mol. The van der Waals surface area contributed by atoms with Crippen LogP contribution in [-0.2, 0) is 9.53 Å². The molecule has 0 bridgehead atoms. The highest BCUT2D eigenvalue weighted by atomic mass is 16.5. The van der Waals surface area contributed by atoms with Crippen molar-refractivity contribution in [1.29, 1.82) is 0 Å². The molecule has 86 valence electrons. The molecule has 2 amide bonds. The molecule has 0 aromatic carbocycles. The summed E-state index contributed by atoms with van der Waals surface area (Å²) < 4.78 is 4.76. The highest BCUT2D eigenvalue weighted by Gasteiger charge is 2.22. The first-order valence-electron chi connectivity index (χ1n) is 5.42. The number of ether oxygens (including phenoxy) is 1. The van der Waals surface area contributed by atoms with Crippen molar-refractivity contribution in [3.05, 3.63) is 0 Å². The first-order valence-corrected chi connectivity index (χ1v) is 5.42. The minimum absolute atomic E-state index is 0.138. The quantitative estimate of drug-likeness (QED) is 0.507. The van der Waals surface area contributed by atoms with Crippen LogP contribution in [0.3, 0.4) is 0 Å². The summed E-state index contributed by atoms with van der Waals surface area (Å²) in [6.45, 7) is 2.70. The third-order valence-corrected chi connectivity index (χ3v) is 2.06. The molecular formula is C10H18N2O3. The van der Waals surface area contributed by atoms with Crippen LogP contribution in [0.4, 0.5) is 4.79 Å². The third-order valence-electron chi connectivity index (χ3n) is 2.06. The fourth-order valence-electron chi connectivity index (χ4n) is 1.13. The van der Waals surface area contributed by atoms with Gasteiger partial charge in [-0.2, -0.15) is 0 Å². The molecule has 0 aliphatic heterocycles. The summed E-state index contributed by atoms with van der Waals surface area (Å²) >= 11 is 0. The summed E-state index contributed by atoms with van der Waals surface area (Å²) in [4.78, 5) is 22.1. The lowest BCUT2D eigenvalue weighted by Crippen LogP contribution is -2.37. The maximum Gasteiger partial charge on any atom is 0.315 e. The fourth-order valence-corrected chi connectivity index (χ4v) is 1.13. The van der Waals surface area contributed by atoms with Gasteiger partial charge >= 0.3 is 12.0 Å². The molecule has 0 aromatic heterocycles. The monoisotopic (exact) mass is 214 g/mol. The fraction of sp³-hybridized carbons (Fsp3) is 0.800. The molecule has 1 aliphatic carbocycles. The number of carbonyl (C=O) groups is 2. The van der Waals surface area contributed by atoms with Crippen LogP contribution < -0.4 is 10.6 Å². The lowest BCUT2D eigenvalue weighted by atomic mass is 10.3. The van der Waals surface area contributed by atoms with Crippen molar-refractivity contribution in [2.45, 2.75) is 38.6 Å². The minimum atomic E-state index is -0.207. The van der Waals surface area contributed by atoms with Crippen molar-refractivity contribution in [1.82, 2.24) is 10.6 Å². The van der Waals surface area contributed by atoms with Gasteiger partial charge in [0.1, 0.15) is 0 Å². The largest absolute Gasteiger partial charge is 0.466 e. The van der Waals surface area contributed by atoms with Crippen molar-refractivity contribution >= 4 is 12.0 Å². The third kappa shape index (κ3) is 5.93. The van der Waals surface area contributed by atoms with Crippen LogP contribution in [0.5, 0.6) is 0 Å². The Morgan fingerprint density at radius 2 is 2.13 bits per heavy atom. The molecule has 1 saturated carbocycles. The zero-order valence-corrected chi connectivity index (χ0v) is 9.04. The predicted octanol–water partition coefficient (Wildman–Crippen LogP) is 0.791. The van der Waals surface area contributed by atoms with E-state index >= 15 is 0 Å². The SMILES string of the molecule is CCOC(=O)CCCNC(=O)NC1CC1. The Hall–Kier alpha value is -1.26. The summed E-state index contributed by atoms with van der Waals surface area (Å²) in [5.74, 6) is -0.207. The zero-order valence-electron chi connectivity index (χ0n) is 9.04. The maximum absolute atomic E-state index is 11.1. The van der Waals surface area contributed by atoms with E-state index in [1.807, 2.05) is 0 Å². The van der Waals surface area contributed by atoms with Gasteiger partial charge in [0, 0.05) is 19.0 Å². The summed E-state index contributed by atoms with van der Waals surface area (Å²) in [5.41, 5.74) is 0. The average molecular weight is 214 g/mol. The van der Waals surface area contributed by atoms with E-state index in [1.54, 1.807) is 6.92 Å². The first-order chi connectivity index (χ1) is 7.22. The van der Waals surface area contributed by atoms with E-state index in [0.717, 1.165) is 12.8 Å². The number of urea groups is 1. The van der Waals surface area contributed by atoms with Crippen LogP contribution in [0.25, 0.3) is 0 Å². The van der Waals surface area contributed by atoms with E-state index in [9.17, 15) is 9.59 Å². The van der Waals surface area contributed by atoms with Crippen LogP contribution in [0.2, 0.25) is 0 Å². The number of hydrogen-bond donors (Lipinski definition) is 2. The highest BCUT2D eigenvalue weighted by Crippen LogP contribution is 2.18. The number of esters is 1. The van der Waals surface area contributed by atoms with Crippen molar-refractivity contribution in [2.24, 2.45) is 0 Å². The van der Waals surface area contributed by atoms with Gasteiger partial charge in [-0.1, -0.05) is 0 Å². The van der Waals surface area contributed by atoms with Gasteiger partial charge in [0.15, 0.2) is 0 Å². The maximum atomic E-state index is 11.1. The van der Waals surface area contributed by atoms with E-state index < -0.39 is 0 Å². The van der Waals surface area contributed by atoms with E-state index in [0.29, 0.717) is 32.0 Å². The molecule has 0 saturated heterocycles. The Morgan fingerprint density at radius 1 is 1.40 bits per heavy atom. The van der Waals surface area contributed by atoms with Gasteiger partial charge in [0.2, 0.25) is 0 Å². The van der Waals surface area contributed by atoms with Crippen LogP contribution >= 0.6 is 0 Å². The van der Waals surface area contributed by atoms with Crippen LogP contribution in [0.15, 0.2) is 0 Å². The summed E-state index contributed by atoms with van der Waals surface area (Å²) in [7, 11) is 0. The molecule has 5 nitrogen and oxygen atoms in total. The van der Waals surface area contributed by atoms with E-state index in [1.165, 1.54) is 0 Å². The van der Waals surface area contributed by atoms with Crippen LogP contribution in [0, 0.1) is 0 Å². The van der Waals surface area contributed by atoms with Gasteiger partial charge < -0.3 is 15.4 Å². The molecule has 0 unspecified atom stereocenters. The summed E-state index contributed by atoms with van der Waals surface area (Å²) in [6, 6.07) is 0.233. The number of rotatable bonds is 6. The minimum Gasteiger partial charge on any atom is -0.466 e. The molecule has 1 fully saturated rings. The molecule has 0 atom stereocenters. The predicted molar refractivity (Wildman–Crippen MR) is 55.4 cm³/mol. The lowest BCUT2D eigenvalue weighted by Gasteiger charge is -2.05. The van der Waals surface area contributed by atoms with Crippen LogP contribution in [0.1, 0.15) is 32.6 Å². The standard InChI is InChI=1S/C10H18N2O3/c1-2-15-9(13)4-3-7-11-10(14)12-8-5-6-8/h8H,2-7H2,1H3,(H2,11,12,14).